The van der Waals surface area contributed by atoms with E-state index in [-0.39, 0.29) is 0 Å². The molecule has 1 heterocycles. The van der Waals surface area contributed by atoms with Crippen molar-refractivity contribution in [1.82, 2.24) is 10.3 Å². The maximum Gasteiger partial charge on any atom is 0.130 e. The second-order valence-corrected chi connectivity index (χ2v) is 4.80. The highest BCUT2D eigenvalue weighted by Gasteiger charge is 2.00. The molecule has 1 aromatic heterocycles. The van der Waals surface area contributed by atoms with Gasteiger partial charge < -0.3 is 14.8 Å². The Hall–Kier alpha value is -2.07. The molecule has 4 nitrogen and oxygen atoms in total. The summed E-state index contributed by atoms with van der Waals surface area (Å²) in [7, 11) is 1.64. The number of ether oxygens (including phenoxy) is 2. The predicted molar refractivity (Wildman–Crippen MR) is 83.6 cm³/mol. The Balaban J connectivity index is 1.85. The van der Waals surface area contributed by atoms with E-state index in [4.69, 9.17) is 9.47 Å². The molecule has 0 aliphatic carbocycles. The summed E-state index contributed by atoms with van der Waals surface area (Å²) in [5.74, 6) is 1.57. The van der Waals surface area contributed by atoms with Crippen molar-refractivity contribution >= 4 is 0 Å². The van der Waals surface area contributed by atoms with Gasteiger partial charge in [-0.3, -0.25) is 4.98 Å². The van der Waals surface area contributed by atoms with E-state index in [1.165, 1.54) is 5.56 Å². The van der Waals surface area contributed by atoms with Crippen molar-refractivity contribution in [3.63, 3.8) is 0 Å². The lowest BCUT2D eigenvalue weighted by atomic mass is 10.2. The van der Waals surface area contributed by atoms with Crippen LogP contribution in [0.3, 0.4) is 0 Å². The van der Waals surface area contributed by atoms with E-state index in [1.54, 1.807) is 7.11 Å². The quantitative estimate of drug-likeness (QED) is 0.757. The van der Waals surface area contributed by atoms with Gasteiger partial charge in [-0.15, -0.1) is 0 Å². The Labute approximate surface area is 126 Å². The fourth-order valence-corrected chi connectivity index (χ4v) is 1.90. The molecule has 0 bridgehead atoms. The van der Waals surface area contributed by atoms with Crippen molar-refractivity contribution in [3.8, 4) is 11.5 Å². The fourth-order valence-electron chi connectivity index (χ4n) is 1.90. The van der Waals surface area contributed by atoms with Gasteiger partial charge in [-0.1, -0.05) is 19.1 Å². The third-order valence-corrected chi connectivity index (χ3v) is 3.07. The van der Waals surface area contributed by atoms with Crippen molar-refractivity contribution in [1.29, 1.82) is 0 Å². The monoisotopic (exact) mass is 286 g/mol. The minimum Gasteiger partial charge on any atom is -0.497 e. The summed E-state index contributed by atoms with van der Waals surface area (Å²) in [6.45, 7) is 4.50. The second-order valence-electron chi connectivity index (χ2n) is 4.80. The maximum absolute atomic E-state index is 5.71. The highest BCUT2D eigenvalue weighted by molar-refractivity contribution is 5.32. The number of hydrogen-bond donors (Lipinski definition) is 1. The minimum absolute atomic E-state index is 0.454. The first-order valence-electron chi connectivity index (χ1n) is 7.23. The van der Waals surface area contributed by atoms with Crippen LogP contribution < -0.4 is 14.8 Å². The number of rotatable bonds is 8. The lowest BCUT2D eigenvalue weighted by Gasteiger charge is -2.08. The molecular formula is C17H22N2O2. The lowest BCUT2D eigenvalue weighted by Crippen LogP contribution is -2.14. The molecule has 0 saturated carbocycles. The Kier molecular flexibility index (Phi) is 6.03. The van der Waals surface area contributed by atoms with Gasteiger partial charge >= 0.3 is 0 Å². The first-order chi connectivity index (χ1) is 10.3. The Morgan fingerprint density at radius 3 is 2.71 bits per heavy atom. The summed E-state index contributed by atoms with van der Waals surface area (Å²) >= 11 is 0. The van der Waals surface area contributed by atoms with Crippen molar-refractivity contribution in [2.75, 3.05) is 13.7 Å². The van der Waals surface area contributed by atoms with Crippen molar-refractivity contribution in [2.24, 2.45) is 0 Å². The summed E-state index contributed by atoms with van der Waals surface area (Å²) in [4.78, 5) is 4.42. The number of pyridine rings is 1. The molecule has 2 aromatic rings. The normalized spacial score (nSPS) is 10.4. The van der Waals surface area contributed by atoms with Gasteiger partial charge in [-0.05, 0) is 36.7 Å². The molecule has 0 unspecified atom stereocenters. The SMILES string of the molecule is CCCNCc1ccc(COc2cccc(OC)c2)nc1. The topological polar surface area (TPSA) is 43.4 Å². The zero-order valence-corrected chi connectivity index (χ0v) is 12.6. The number of aromatic nitrogens is 1. The molecule has 0 spiro atoms. The first kappa shape index (κ1) is 15.3. The van der Waals surface area contributed by atoms with E-state index < -0.39 is 0 Å². The van der Waals surface area contributed by atoms with Crippen molar-refractivity contribution < 1.29 is 9.47 Å². The number of nitrogens with zero attached hydrogens (tertiary/aromatic N) is 1. The zero-order valence-electron chi connectivity index (χ0n) is 12.6. The van der Waals surface area contributed by atoms with Crippen LogP contribution in [0.1, 0.15) is 24.6 Å². The molecule has 0 aliphatic heterocycles. The standard InChI is InChI=1S/C17H22N2O2/c1-3-9-18-11-14-7-8-15(19-12-14)13-21-17-6-4-5-16(10-17)20-2/h4-8,10,12,18H,3,9,11,13H2,1-2H3. The second kappa shape index (κ2) is 8.27. The largest absolute Gasteiger partial charge is 0.497 e. The van der Waals surface area contributed by atoms with Gasteiger partial charge in [0.25, 0.3) is 0 Å². The Morgan fingerprint density at radius 2 is 2.00 bits per heavy atom. The average Bonchev–Trinajstić information content (AvgIpc) is 2.54. The van der Waals surface area contributed by atoms with E-state index in [9.17, 15) is 0 Å². The van der Waals surface area contributed by atoms with Crippen LogP contribution in [0.5, 0.6) is 11.5 Å². The molecule has 0 saturated heterocycles. The van der Waals surface area contributed by atoms with Gasteiger partial charge in [-0.2, -0.15) is 0 Å². The third-order valence-electron chi connectivity index (χ3n) is 3.07. The van der Waals surface area contributed by atoms with E-state index in [2.05, 4.69) is 23.3 Å². The molecule has 0 radical (unpaired) electrons. The van der Waals surface area contributed by atoms with E-state index in [1.807, 2.05) is 36.5 Å². The molecule has 1 aromatic carbocycles. The van der Waals surface area contributed by atoms with Crippen molar-refractivity contribution in [3.05, 3.63) is 53.9 Å². The van der Waals surface area contributed by atoms with Crippen LogP contribution in [0.4, 0.5) is 0 Å². The van der Waals surface area contributed by atoms with Crippen LogP contribution >= 0.6 is 0 Å². The highest BCUT2D eigenvalue weighted by atomic mass is 16.5. The number of methoxy groups -OCH3 is 1. The predicted octanol–water partition coefficient (Wildman–Crippen LogP) is 3.17. The minimum atomic E-state index is 0.454. The summed E-state index contributed by atoms with van der Waals surface area (Å²) in [6, 6.07) is 11.7. The molecule has 21 heavy (non-hydrogen) atoms. The van der Waals surface area contributed by atoms with Gasteiger partial charge in [-0.25, -0.2) is 0 Å². The van der Waals surface area contributed by atoms with E-state index >= 15 is 0 Å². The van der Waals surface area contributed by atoms with Crippen molar-refractivity contribution in [2.45, 2.75) is 26.5 Å². The van der Waals surface area contributed by atoms with Crippen LogP contribution in [0.15, 0.2) is 42.6 Å². The molecule has 0 amide bonds. The number of hydrogen-bond acceptors (Lipinski definition) is 4. The summed E-state index contributed by atoms with van der Waals surface area (Å²) < 4.78 is 10.9. The van der Waals surface area contributed by atoms with Gasteiger partial charge in [0.1, 0.15) is 18.1 Å². The molecular weight excluding hydrogens is 264 g/mol. The first-order valence-corrected chi connectivity index (χ1v) is 7.23. The molecule has 112 valence electrons. The Morgan fingerprint density at radius 1 is 1.14 bits per heavy atom. The zero-order chi connectivity index (χ0) is 14.9. The maximum atomic E-state index is 5.71. The molecule has 0 atom stereocenters. The van der Waals surface area contributed by atoms with Gasteiger partial charge in [0.15, 0.2) is 0 Å². The number of nitrogens with one attached hydrogen (secondary N) is 1. The lowest BCUT2D eigenvalue weighted by molar-refractivity contribution is 0.299. The van der Waals surface area contributed by atoms with Gasteiger partial charge in [0, 0.05) is 18.8 Å². The highest BCUT2D eigenvalue weighted by Crippen LogP contribution is 2.19. The Bertz CT molecular complexity index is 541. The van der Waals surface area contributed by atoms with E-state index in [0.29, 0.717) is 6.61 Å². The summed E-state index contributed by atoms with van der Waals surface area (Å²) in [6.07, 6.45) is 3.03. The van der Waals surface area contributed by atoms with Gasteiger partial charge in [0.05, 0.1) is 12.8 Å². The summed E-state index contributed by atoms with van der Waals surface area (Å²) in [5, 5.41) is 3.36. The van der Waals surface area contributed by atoms with Gasteiger partial charge in [0.2, 0.25) is 0 Å². The molecule has 1 N–H and O–H groups in total. The third kappa shape index (κ3) is 5.08. The summed E-state index contributed by atoms with van der Waals surface area (Å²) in [5.41, 5.74) is 2.10. The molecule has 0 aliphatic rings. The van der Waals surface area contributed by atoms with E-state index in [0.717, 1.165) is 36.7 Å². The van der Waals surface area contributed by atoms with Crippen LogP contribution in [0.2, 0.25) is 0 Å². The molecule has 2 rings (SSSR count). The van der Waals surface area contributed by atoms with Crippen LogP contribution in [0.25, 0.3) is 0 Å². The smallest absolute Gasteiger partial charge is 0.130 e. The van der Waals surface area contributed by atoms with Crippen LogP contribution in [-0.4, -0.2) is 18.6 Å². The fraction of sp³-hybridized carbons (Fsp3) is 0.353. The average molecular weight is 286 g/mol. The van der Waals surface area contributed by atoms with Crippen LogP contribution in [0, 0.1) is 0 Å². The molecule has 0 fully saturated rings. The molecule has 4 heteroatoms. The van der Waals surface area contributed by atoms with Crippen LogP contribution in [-0.2, 0) is 13.2 Å². The number of benzene rings is 1.